The maximum Gasteiger partial charge on any atom is 0.244 e. The Kier molecular flexibility index (Phi) is 5.53. The molecule has 0 aliphatic rings. The second kappa shape index (κ2) is 5.96. The number of allylic oxidation sites excluding steroid dienone is 1. The van der Waals surface area contributed by atoms with E-state index in [0.29, 0.717) is 0 Å². The van der Waals surface area contributed by atoms with Gasteiger partial charge in [-0.3, -0.25) is 4.79 Å². The Morgan fingerprint density at radius 2 is 2.09 bits per heavy atom. The monoisotopic (exact) mass is 155 g/mol. The van der Waals surface area contributed by atoms with Gasteiger partial charge in [-0.25, -0.2) is 0 Å². The van der Waals surface area contributed by atoms with Gasteiger partial charge < -0.3 is 5.73 Å². The lowest BCUT2D eigenvalue weighted by Crippen LogP contribution is -2.13. The van der Waals surface area contributed by atoms with Crippen LogP contribution in [0.4, 0.5) is 0 Å². The van der Waals surface area contributed by atoms with Crippen LogP contribution in [-0.4, -0.2) is 5.91 Å². The molecule has 0 radical (unpaired) electrons. The van der Waals surface area contributed by atoms with E-state index >= 15 is 0 Å². The van der Waals surface area contributed by atoms with Crippen molar-refractivity contribution in [1.82, 2.24) is 0 Å². The molecule has 0 atom stereocenters. The van der Waals surface area contributed by atoms with E-state index in [1.165, 1.54) is 0 Å². The predicted molar refractivity (Wildman–Crippen MR) is 47.1 cm³/mol. The zero-order valence-corrected chi connectivity index (χ0v) is 7.39. The molecule has 0 unspecified atom stereocenters. The van der Waals surface area contributed by atoms with Gasteiger partial charge in [0.05, 0.1) is 0 Å². The zero-order valence-electron chi connectivity index (χ0n) is 7.39. The molecule has 0 aliphatic carbocycles. The number of carbonyl (C=O) groups is 1. The summed E-state index contributed by atoms with van der Waals surface area (Å²) in [5, 5.41) is 0. The van der Waals surface area contributed by atoms with Crippen LogP contribution in [0.25, 0.3) is 0 Å². The van der Waals surface area contributed by atoms with Gasteiger partial charge in [0.25, 0.3) is 0 Å². The fraction of sp³-hybridized carbons (Fsp3) is 0.667. The summed E-state index contributed by atoms with van der Waals surface area (Å²) in [5.41, 5.74) is 5.88. The summed E-state index contributed by atoms with van der Waals surface area (Å²) >= 11 is 0. The summed E-state index contributed by atoms with van der Waals surface area (Å²) in [6.07, 6.45) is 5.97. The van der Waals surface area contributed by atoms with Gasteiger partial charge in [0.2, 0.25) is 5.91 Å². The van der Waals surface area contributed by atoms with Crippen LogP contribution in [0.2, 0.25) is 0 Å². The molecule has 2 N–H and O–H groups in total. The molecule has 0 saturated heterocycles. The Labute approximate surface area is 68.5 Å². The molecule has 11 heavy (non-hydrogen) atoms. The lowest BCUT2D eigenvalue weighted by molar-refractivity contribution is -0.114. The van der Waals surface area contributed by atoms with Crippen LogP contribution in [-0.2, 0) is 4.79 Å². The second-order valence-electron chi connectivity index (χ2n) is 2.59. The van der Waals surface area contributed by atoms with E-state index in [0.717, 1.165) is 31.3 Å². The quantitative estimate of drug-likeness (QED) is 0.479. The molecule has 0 aliphatic heterocycles. The summed E-state index contributed by atoms with van der Waals surface area (Å²) in [6, 6.07) is 0. The van der Waals surface area contributed by atoms with Gasteiger partial charge in [0.15, 0.2) is 0 Å². The highest BCUT2D eigenvalue weighted by Crippen LogP contribution is 2.03. The fourth-order valence-corrected chi connectivity index (χ4v) is 0.900. The van der Waals surface area contributed by atoms with E-state index in [2.05, 4.69) is 6.92 Å². The first-order valence-electron chi connectivity index (χ1n) is 4.21. The Morgan fingerprint density at radius 3 is 2.45 bits per heavy atom. The van der Waals surface area contributed by atoms with Crippen molar-refractivity contribution >= 4 is 5.91 Å². The van der Waals surface area contributed by atoms with E-state index in [1.807, 2.05) is 13.0 Å². The normalized spacial score (nSPS) is 11.6. The molecule has 2 nitrogen and oxygen atoms in total. The van der Waals surface area contributed by atoms with Gasteiger partial charge in [-0.15, -0.1) is 0 Å². The topological polar surface area (TPSA) is 43.1 Å². The number of primary amides is 1. The standard InChI is InChI=1S/C9H17NO/c1-3-5-6-7-8(4-2)9(10)11/h7H,3-6H2,1-2H3,(H2,10,11)/b8-7+. The first-order valence-corrected chi connectivity index (χ1v) is 4.21. The predicted octanol–water partition coefficient (Wildman–Crippen LogP) is 2.00. The Hall–Kier alpha value is -0.790. The third-order valence-corrected chi connectivity index (χ3v) is 1.65. The lowest BCUT2D eigenvalue weighted by atomic mass is 10.1. The molecule has 0 aromatic carbocycles. The van der Waals surface area contributed by atoms with Crippen molar-refractivity contribution in [1.29, 1.82) is 0 Å². The van der Waals surface area contributed by atoms with E-state index in [9.17, 15) is 4.79 Å². The van der Waals surface area contributed by atoms with Crippen LogP contribution in [0.3, 0.4) is 0 Å². The van der Waals surface area contributed by atoms with E-state index in [4.69, 9.17) is 5.73 Å². The largest absolute Gasteiger partial charge is 0.366 e. The van der Waals surface area contributed by atoms with Gasteiger partial charge in [-0.05, 0) is 12.8 Å². The van der Waals surface area contributed by atoms with Gasteiger partial charge in [0, 0.05) is 5.57 Å². The molecule has 0 heterocycles. The van der Waals surface area contributed by atoms with Crippen LogP contribution in [0, 0.1) is 0 Å². The Morgan fingerprint density at radius 1 is 1.45 bits per heavy atom. The summed E-state index contributed by atoms with van der Waals surface area (Å²) in [5.74, 6) is -0.274. The number of nitrogens with two attached hydrogens (primary N) is 1. The zero-order chi connectivity index (χ0) is 8.69. The first-order chi connectivity index (χ1) is 5.22. The van der Waals surface area contributed by atoms with Crippen LogP contribution in [0.1, 0.15) is 39.5 Å². The van der Waals surface area contributed by atoms with Crippen molar-refractivity contribution in [2.75, 3.05) is 0 Å². The highest BCUT2D eigenvalue weighted by molar-refractivity contribution is 5.91. The minimum absolute atomic E-state index is 0.274. The molecule has 0 rings (SSSR count). The number of hydrogen-bond acceptors (Lipinski definition) is 1. The van der Waals surface area contributed by atoms with Gasteiger partial charge in [0.1, 0.15) is 0 Å². The number of carbonyl (C=O) groups excluding carboxylic acids is 1. The summed E-state index contributed by atoms with van der Waals surface area (Å²) in [4.78, 5) is 10.7. The average molecular weight is 155 g/mol. The molecule has 0 spiro atoms. The second-order valence-corrected chi connectivity index (χ2v) is 2.59. The van der Waals surface area contributed by atoms with Gasteiger partial charge >= 0.3 is 0 Å². The highest BCUT2D eigenvalue weighted by Gasteiger charge is 1.99. The Balaban J connectivity index is 3.81. The Bertz CT molecular complexity index is 150. The fourth-order valence-electron chi connectivity index (χ4n) is 0.900. The number of amides is 1. The van der Waals surface area contributed by atoms with Gasteiger partial charge in [-0.2, -0.15) is 0 Å². The average Bonchev–Trinajstić information content (AvgIpc) is 1.97. The van der Waals surface area contributed by atoms with E-state index in [1.54, 1.807) is 0 Å². The molecule has 0 aromatic rings. The van der Waals surface area contributed by atoms with Crippen LogP contribution in [0.5, 0.6) is 0 Å². The van der Waals surface area contributed by atoms with Crippen LogP contribution in [0.15, 0.2) is 11.6 Å². The molecule has 2 heteroatoms. The molecular weight excluding hydrogens is 138 g/mol. The number of rotatable bonds is 5. The summed E-state index contributed by atoms with van der Waals surface area (Å²) < 4.78 is 0. The highest BCUT2D eigenvalue weighted by atomic mass is 16.1. The number of unbranched alkanes of at least 4 members (excludes halogenated alkanes) is 2. The van der Waals surface area contributed by atoms with Crippen molar-refractivity contribution in [3.05, 3.63) is 11.6 Å². The third kappa shape index (κ3) is 4.59. The minimum atomic E-state index is -0.274. The molecule has 64 valence electrons. The molecule has 0 aromatic heterocycles. The SMILES string of the molecule is CCCC/C=C(\CC)C(N)=O. The maximum absolute atomic E-state index is 10.7. The van der Waals surface area contributed by atoms with Crippen molar-refractivity contribution in [3.63, 3.8) is 0 Å². The lowest BCUT2D eigenvalue weighted by Gasteiger charge is -1.97. The number of hydrogen-bond donors (Lipinski definition) is 1. The molecular formula is C9H17NO. The summed E-state index contributed by atoms with van der Waals surface area (Å²) in [6.45, 7) is 4.08. The maximum atomic E-state index is 10.7. The van der Waals surface area contributed by atoms with Crippen molar-refractivity contribution in [3.8, 4) is 0 Å². The van der Waals surface area contributed by atoms with Crippen molar-refractivity contribution < 1.29 is 4.79 Å². The smallest absolute Gasteiger partial charge is 0.244 e. The van der Waals surface area contributed by atoms with Crippen molar-refractivity contribution in [2.45, 2.75) is 39.5 Å². The van der Waals surface area contributed by atoms with E-state index < -0.39 is 0 Å². The first kappa shape index (κ1) is 10.2. The van der Waals surface area contributed by atoms with Gasteiger partial charge in [-0.1, -0.05) is 32.8 Å². The van der Waals surface area contributed by atoms with Crippen LogP contribution < -0.4 is 5.73 Å². The van der Waals surface area contributed by atoms with Crippen LogP contribution >= 0.6 is 0 Å². The minimum Gasteiger partial charge on any atom is -0.366 e. The third-order valence-electron chi connectivity index (χ3n) is 1.65. The molecule has 0 saturated carbocycles. The molecule has 0 bridgehead atoms. The summed E-state index contributed by atoms with van der Waals surface area (Å²) in [7, 11) is 0. The molecule has 0 fully saturated rings. The van der Waals surface area contributed by atoms with Crippen molar-refractivity contribution in [2.24, 2.45) is 5.73 Å². The molecule has 1 amide bonds. The van der Waals surface area contributed by atoms with E-state index in [-0.39, 0.29) is 5.91 Å².